The third-order valence-electron chi connectivity index (χ3n) is 3.04. The maximum absolute atomic E-state index is 11.8. The molecule has 2 aromatic rings. The van der Waals surface area contributed by atoms with Gasteiger partial charge in [0.1, 0.15) is 23.9 Å². The van der Waals surface area contributed by atoms with E-state index in [1.54, 1.807) is 38.5 Å². The van der Waals surface area contributed by atoms with Gasteiger partial charge in [-0.2, -0.15) is 0 Å². The van der Waals surface area contributed by atoms with Crippen LogP contribution in [-0.4, -0.2) is 26.8 Å². The summed E-state index contributed by atoms with van der Waals surface area (Å²) < 4.78 is 21.8. The molecule has 0 unspecified atom stereocenters. The van der Waals surface area contributed by atoms with Crippen molar-refractivity contribution in [2.24, 2.45) is 0 Å². The maximum atomic E-state index is 11.8. The lowest BCUT2D eigenvalue weighted by Crippen LogP contribution is -2.15. The van der Waals surface area contributed by atoms with Gasteiger partial charge in [0.25, 0.3) is 0 Å². The zero-order valence-corrected chi connectivity index (χ0v) is 14.5. The summed E-state index contributed by atoms with van der Waals surface area (Å²) >= 11 is 3.38. The first-order valence-corrected chi connectivity index (χ1v) is 7.67. The summed E-state index contributed by atoms with van der Waals surface area (Å²) in [5, 5.41) is 0. The quantitative estimate of drug-likeness (QED) is 0.687. The Bertz CT molecular complexity index is 658. The summed E-state index contributed by atoms with van der Waals surface area (Å²) in [5.41, 5.74) is 0.709. The summed E-state index contributed by atoms with van der Waals surface area (Å²) in [6, 6.07) is 12.6. The Balaban J connectivity index is 1.93. The topological polar surface area (TPSA) is 54.0 Å². The molecule has 0 aliphatic heterocycles. The van der Waals surface area contributed by atoms with E-state index in [-0.39, 0.29) is 13.2 Å². The van der Waals surface area contributed by atoms with E-state index in [4.69, 9.17) is 18.9 Å². The largest absolute Gasteiger partial charge is 0.496 e. The average Bonchev–Trinajstić information content (AvgIpc) is 2.59. The summed E-state index contributed by atoms with van der Waals surface area (Å²) in [6.45, 7) is -0.0796. The molecule has 0 spiro atoms. The van der Waals surface area contributed by atoms with Crippen molar-refractivity contribution in [3.8, 4) is 17.2 Å². The smallest absolute Gasteiger partial charge is 0.344 e. The molecule has 0 aliphatic carbocycles. The normalized spacial score (nSPS) is 10.0. The number of carbonyl (C=O) groups excluding carboxylic acids is 1. The molecular formula is C17H17BrO5. The Morgan fingerprint density at radius 2 is 1.74 bits per heavy atom. The lowest BCUT2D eigenvalue weighted by Gasteiger charge is -2.13. The summed E-state index contributed by atoms with van der Waals surface area (Å²) in [6.07, 6.45) is 0. The number of para-hydroxylation sites is 1. The molecule has 0 heterocycles. The van der Waals surface area contributed by atoms with E-state index in [1.165, 1.54) is 0 Å². The van der Waals surface area contributed by atoms with E-state index in [2.05, 4.69) is 15.9 Å². The molecule has 2 rings (SSSR count). The van der Waals surface area contributed by atoms with Gasteiger partial charge in [-0.25, -0.2) is 4.79 Å². The fraction of sp³-hybridized carbons (Fsp3) is 0.235. The highest BCUT2D eigenvalue weighted by molar-refractivity contribution is 9.10. The van der Waals surface area contributed by atoms with Crippen LogP contribution in [0.2, 0.25) is 0 Å². The van der Waals surface area contributed by atoms with Crippen LogP contribution in [0.25, 0.3) is 0 Å². The lowest BCUT2D eigenvalue weighted by molar-refractivity contribution is -0.147. The highest BCUT2D eigenvalue weighted by Gasteiger charge is 2.12. The molecule has 6 heteroatoms. The third-order valence-corrected chi connectivity index (χ3v) is 3.66. The van der Waals surface area contributed by atoms with Crippen LogP contribution in [-0.2, 0) is 16.1 Å². The number of hydrogen-bond acceptors (Lipinski definition) is 5. The van der Waals surface area contributed by atoms with Crippen LogP contribution in [0.4, 0.5) is 0 Å². The molecule has 23 heavy (non-hydrogen) atoms. The predicted molar refractivity (Wildman–Crippen MR) is 89.0 cm³/mol. The Morgan fingerprint density at radius 1 is 1.04 bits per heavy atom. The average molecular weight is 381 g/mol. The SMILES string of the molecule is COc1cc(COC(=O)COc2ccccc2)c(OC)cc1Br. The number of esters is 1. The first kappa shape index (κ1) is 17.1. The second kappa shape index (κ2) is 8.43. The molecule has 2 aromatic carbocycles. The molecule has 0 amide bonds. The number of halogens is 1. The molecule has 0 bridgehead atoms. The molecule has 0 saturated heterocycles. The Labute approximate surface area is 143 Å². The zero-order chi connectivity index (χ0) is 16.7. The molecule has 5 nitrogen and oxygen atoms in total. The van der Waals surface area contributed by atoms with Gasteiger partial charge in [-0.05, 0) is 40.2 Å². The molecule has 0 atom stereocenters. The van der Waals surface area contributed by atoms with E-state index in [9.17, 15) is 4.79 Å². The predicted octanol–water partition coefficient (Wildman–Crippen LogP) is 3.59. The molecule has 0 saturated carbocycles. The number of rotatable bonds is 7. The minimum absolute atomic E-state index is 0.0732. The van der Waals surface area contributed by atoms with Gasteiger partial charge in [0.15, 0.2) is 6.61 Å². The van der Waals surface area contributed by atoms with E-state index >= 15 is 0 Å². The minimum Gasteiger partial charge on any atom is -0.496 e. The molecule has 0 aliphatic rings. The van der Waals surface area contributed by atoms with Crippen molar-refractivity contribution in [1.29, 1.82) is 0 Å². The van der Waals surface area contributed by atoms with Crippen molar-refractivity contribution in [2.45, 2.75) is 6.61 Å². The number of benzene rings is 2. The highest BCUT2D eigenvalue weighted by atomic mass is 79.9. The number of hydrogen-bond donors (Lipinski definition) is 0. The highest BCUT2D eigenvalue weighted by Crippen LogP contribution is 2.33. The van der Waals surface area contributed by atoms with Gasteiger partial charge in [-0.15, -0.1) is 0 Å². The van der Waals surface area contributed by atoms with E-state index in [0.717, 1.165) is 4.47 Å². The van der Waals surface area contributed by atoms with Crippen molar-refractivity contribution in [3.05, 3.63) is 52.5 Å². The van der Waals surface area contributed by atoms with E-state index in [1.807, 2.05) is 18.2 Å². The zero-order valence-electron chi connectivity index (χ0n) is 12.9. The minimum atomic E-state index is -0.460. The van der Waals surface area contributed by atoms with Crippen LogP contribution >= 0.6 is 15.9 Å². The van der Waals surface area contributed by atoms with Crippen LogP contribution in [0.1, 0.15) is 5.56 Å². The first-order valence-electron chi connectivity index (χ1n) is 6.88. The van der Waals surface area contributed by atoms with Crippen LogP contribution in [0.15, 0.2) is 46.9 Å². The number of carbonyl (C=O) groups is 1. The summed E-state index contributed by atoms with van der Waals surface area (Å²) in [7, 11) is 3.12. The van der Waals surface area contributed by atoms with Crippen molar-refractivity contribution in [3.63, 3.8) is 0 Å². The first-order chi connectivity index (χ1) is 11.1. The van der Waals surface area contributed by atoms with Gasteiger partial charge in [-0.3, -0.25) is 0 Å². The van der Waals surface area contributed by atoms with Crippen molar-refractivity contribution >= 4 is 21.9 Å². The summed E-state index contributed by atoms with van der Waals surface area (Å²) in [4.78, 5) is 11.8. The molecule has 122 valence electrons. The molecule has 0 fully saturated rings. The van der Waals surface area contributed by atoms with E-state index < -0.39 is 5.97 Å². The standard InChI is InChI=1S/C17H17BrO5/c1-20-15-9-14(18)16(21-2)8-12(15)10-23-17(19)11-22-13-6-4-3-5-7-13/h3-9H,10-11H2,1-2H3. The fourth-order valence-electron chi connectivity index (χ4n) is 1.90. The van der Waals surface area contributed by atoms with Crippen LogP contribution in [0, 0.1) is 0 Å². The van der Waals surface area contributed by atoms with E-state index in [0.29, 0.717) is 22.8 Å². The molecular weight excluding hydrogens is 364 g/mol. The van der Waals surface area contributed by atoms with Gasteiger partial charge < -0.3 is 18.9 Å². The van der Waals surface area contributed by atoms with Crippen LogP contribution < -0.4 is 14.2 Å². The van der Waals surface area contributed by atoms with Gasteiger partial charge in [0.05, 0.1) is 18.7 Å². The van der Waals surface area contributed by atoms with Gasteiger partial charge >= 0.3 is 5.97 Å². The van der Waals surface area contributed by atoms with Gasteiger partial charge in [0.2, 0.25) is 0 Å². The Hall–Kier alpha value is -2.21. The Morgan fingerprint density at radius 3 is 2.39 bits per heavy atom. The second-order valence-electron chi connectivity index (χ2n) is 4.56. The monoisotopic (exact) mass is 380 g/mol. The van der Waals surface area contributed by atoms with Gasteiger partial charge in [0, 0.05) is 5.56 Å². The maximum Gasteiger partial charge on any atom is 0.344 e. The number of ether oxygens (including phenoxy) is 4. The molecule has 0 N–H and O–H groups in total. The van der Waals surface area contributed by atoms with Gasteiger partial charge in [-0.1, -0.05) is 18.2 Å². The van der Waals surface area contributed by atoms with Crippen LogP contribution in [0.3, 0.4) is 0 Å². The second-order valence-corrected chi connectivity index (χ2v) is 5.42. The fourth-order valence-corrected chi connectivity index (χ4v) is 2.38. The Kier molecular flexibility index (Phi) is 6.29. The van der Waals surface area contributed by atoms with Crippen molar-refractivity contribution in [2.75, 3.05) is 20.8 Å². The van der Waals surface area contributed by atoms with Crippen LogP contribution in [0.5, 0.6) is 17.2 Å². The third kappa shape index (κ3) is 4.89. The van der Waals surface area contributed by atoms with Crippen molar-refractivity contribution < 1.29 is 23.7 Å². The molecule has 0 radical (unpaired) electrons. The molecule has 0 aromatic heterocycles. The number of methoxy groups -OCH3 is 2. The lowest BCUT2D eigenvalue weighted by atomic mass is 10.2. The van der Waals surface area contributed by atoms with Crippen molar-refractivity contribution in [1.82, 2.24) is 0 Å². The summed E-state index contributed by atoms with van der Waals surface area (Å²) in [5.74, 6) is 1.40.